The van der Waals surface area contributed by atoms with Crippen molar-refractivity contribution in [3.05, 3.63) is 70.9 Å². The lowest BCUT2D eigenvalue weighted by Crippen LogP contribution is -2.44. The maximum atomic E-state index is 13.1. The van der Waals surface area contributed by atoms with Crippen LogP contribution in [-0.4, -0.2) is 40.8 Å². The van der Waals surface area contributed by atoms with Gasteiger partial charge in [-0.2, -0.15) is 0 Å². The molecule has 4 rings (SSSR count). The number of amides is 2. The Morgan fingerprint density at radius 3 is 2.50 bits per heavy atom. The van der Waals surface area contributed by atoms with Crippen molar-refractivity contribution in [1.82, 2.24) is 4.90 Å². The topological polar surface area (TPSA) is 80.2 Å². The Labute approximate surface area is 206 Å². The van der Waals surface area contributed by atoms with Crippen LogP contribution in [0.3, 0.4) is 0 Å². The number of nitrogens with zero attached hydrogens (tertiary/aromatic N) is 2. The summed E-state index contributed by atoms with van der Waals surface area (Å²) in [6.45, 7) is 2.91. The first-order valence-electron chi connectivity index (χ1n) is 10.8. The Balaban J connectivity index is 1.54. The quantitative estimate of drug-likeness (QED) is 0.458. The molecule has 1 saturated heterocycles. The van der Waals surface area contributed by atoms with E-state index in [9.17, 15) is 9.59 Å². The van der Waals surface area contributed by atoms with Crippen LogP contribution in [0.4, 0.5) is 11.4 Å². The summed E-state index contributed by atoms with van der Waals surface area (Å²) in [5.41, 5.74) is 1.33. The number of thiophene rings is 1. The van der Waals surface area contributed by atoms with E-state index in [0.29, 0.717) is 29.7 Å². The number of amidine groups is 1. The highest BCUT2D eigenvalue weighted by molar-refractivity contribution is 8.15. The Kier molecular flexibility index (Phi) is 7.87. The number of benzene rings is 2. The normalized spacial score (nSPS) is 17.0. The minimum atomic E-state index is -0.587. The molecule has 1 aliphatic rings. The van der Waals surface area contributed by atoms with Gasteiger partial charge >= 0.3 is 0 Å². The molecule has 1 aromatic heterocycles. The average Bonchev–Trinajstić information content (AvgIpc) is 3.36. The highest BCUT2D eigenvalue weighted by Gasteiger charge is 2.36. The van der Waals surface area contributed by atoms with Crippen LogP contribution in [0, 0.1) is 0 Å². The van der Waals surface area contributed by atoms with E-state index < -0.39 is 5.25 Å². The average molecular weight is 496 g/mol. The monoisotopic (exact) mass is 495 g/mol. The summed E-state index contributed by atoms with van der Waals surface area (Å²) < 4.78 is 10.7. The van der Waals surface area contributed by atoms with Crippen LogP contribution < -0.4 is 14.8 Å². The predicted octanol–water partition coefficient (Wildman–Crippen LogP) is 5.32. The molecule has 1 unspecified atom stereocenters. The molecule has 0 bridgehead atoms. The summed E-state index contributed by atoms with van der Waals surface area (Å²) in [5.74, 6) is 1.09. The van der Waals surface area contributed by atoms with E-state index in [1.165, 1.54) is 11.8 Å². The van der Waals surface area contributed by atoms with Gasteiger partial charge in [0.1, 0.15) is 16.7 Å². The van der Waals surface area contributed by atoms with Crippen LogP contribution in [0.15, 0.2) is 71.0 Å². The lowest BCUT2D eigenvalue weighted by molar-refractivity contribution is -0.129. The molecule has 7 nitrogen and oxygen atoms in total. The number of ether oxygens (including phenoxy) is 2. The molecule has 0 saturated carbocycles. The minimum absolute atomic E-state index is 0.0978. The Morgan fingerprint density at radius 2 is 1.85 bits per heavy atom. The first kappa shape index (κ1) is 23.8. The molecular weight excluding hydrogens is 470 g/mol. The van der Waals surface area contributed by atoms with Crippen molar-refractivity contribution in [3.63, 3.8) is 0 Å². The van der Waals surface area contributed by atoms with Crippen LogP contribution in [0.5, 0.6) is 11.5 Å². The third kappa shape index (κ3) is 5.98. The van der Waals surface area contributed by atoms with Crippen molar-refractivity contribution in [1.29, 1.82) is 0 Å². The predicted molar refractivity (Wildman–Crippen MR) is 137 cm³/mol. The van der Waals surface area contributed by atoms with E-state index in [2.05, 4.69) is 5.32 Å². The lowest BCUT2D eigenvalue weighted by Gasteiger charge is -2.31. The number of thioether (sulfide) groups is 1. The number of carbonyl (C=O) groups excluding carboxylic acids is 2. The first-order chi connectivity index (χ1) is 16.6. The van der Waals surface area contributed by atoms with E-state index in [1.807, 2.05) is 48.7 Å². The van der Waals surface area contributed by atoms with Crippen molar-refractivity contribution < 1.29 is 19.1 Å². The van der Waals surface area contributed by atoms with E-state index >= 15 is 0 Å². The zero-order valence-corrected chi connectivity index (χ0v) is 20.5. The third-order valence-electron chi connectivity index (χ3n) is 5.06. The number of hydrogen-bond acceptors (Lipinski definition) is 7. The van der Waals surface area contributed by atoms with Crippen molar-refractivity contribution in [2.75, 3.05) is 19.0 Å². The molecule has 2 amide bonds. The van der Waals surface area contributed by atoms with E-state index in [0.717, 1.165) is 16.4 Å². The molecule has 3 aromatic rings. The van der Waals surface area contributed by atoms with Gasteiger partial charge in [-0.1, -0.05) is 17.8 Å². The van der Waals surface area contributed by atoms with Gasteiger partial charge in [0.2, 0.25) is 11.8 Å². The van der Waals surface area contributed by atoms with Gasteiger partial charge in [0, 0.05) is 17.0 Å². The Bertz CT molecular complexity index is 1150. The van der Waals surface area contributed by atoms with E-state index in [1.54, 1.807) is 47.6 Å². The molecule has 0 spiro atoms. The standard InChI is InChI=1S/C25H25N3O4S2/c1-3-32-20-12-8-17(9-13-20)26-24(30)22-15-23(29)28(16-21-5-4-14-33-21)25(34-22)27-18-6-10-19(31-2)11-7-18/h4-14,22H,3,15-16H2,1-2H3,(H,26,30). The van der Waals surface area contributed by atoms with Gasteiger partial charge < -0.3 is 14.8 Å². The number of methoxy groups -OCH3 is 1. The fourth-order valence-corrected chi connectivity index (χ4v) is 5.14. The SMILES string of the molecule is CCOc1ccc(NC(=O)C2CC(=O)N(Cc3cccs3)C(=Nc3ccc(OC)cc3)S2)cc1. The number of aliphatic imine (C=N–C) groups is 1. The summed E-state index contributed by atoms with van der Waals surface area (Å²) >= 11 is 2.88. The minimum Gasteiger partial charge on any atom is -0.497 e. The molecule has 2 heterocycles. The molecule has 1 aliphatic heterocycles. The van der Waals surface area contributed by atoms with E-state index in [-0.39, 0.29) is 18.2 Å². The molecule has 2 aromatic carbocycles. The van der Waals surface area contributed by atoms with Crippen LogP contribution in [0.2, 0.25) is 0 Å². The molecule has 1 fully saturated rings. The fraction of sp³-hybridized carbons (Fsp3) is 0.240. The highest BCUT2D eigenvalue weighted by atomic mass is 32.2. The summed E-state index contributed by atoms with van der Waals surface area (Å²) in [7, 11) is 1.60. The highest BCUT2D eigenvalue weighted by Crippen LogP contribution is 2.32. The van der Waals surface area contributed by atoms with Crippen LogP contribution >= 0.6 is 23.1 Å². The lowest BCUT2D eigenvalue weighted by atomic mass is 10.2. The molecule has 1 N–H and O–H groups in total. The molecular formula is C25H25N3O4S2. The molecule has 0 aliphatic carbocycles. The van der Waals surface area contributed by atoms with Gasteiger partial charge in [-0.05, 0) is 66.9 Å². The maximum Gasteiger partial charge on any atom is 0.238 e. The number of rotatable bonds is 8. The number of hydrogen-bond donors (Lipinski definition) is 1. The summed E-state index contributed by atoms with van der Waals surface area (Å²) in [6.07, 6.45) is 0.0978. The zero-order valence-electron chi connectivity index (χ0n) is 18.9. The van der Waals surface area contributed by atoms with Gasteiger partial charge in [0.25, 0.3) is 0 Å². The smallest absolute Gasteiger partial charge is 0.238 e. The molecule has 0 radical (unpaired) electrons. The van der Waals surface area contributed by atoms with Gasteiger partial charge in [-0.25, -0.2) is 4.99 Å². The zero-order chi connectivity index (χ0) is 23.9. The van der Waals surface area contributed by atoms with Gasteiger partial charge in [0.05, 0.1) is 25.9 Å². The van der Waals surface area contributed by atoms with Crippen molar-refractivity contribution in [3.8, 4) is 11.5 Å². The van der Waals surface area contributed by atoms with Gasteiger partial charge in [0.15, 0.2) is 5.17 Å². The van der Waals surface area contributed by atoms with Crippen LogP contribution in [-0.2, 0) is 16.1 Å². The number of carbonyl (C=O) groups is 2. The summed E-state index contributed by atoms with van der Waals surface area (Å²) in [5, 5.41) is 4.80. The van der Waals surface area contributed by atoms with Gasteiger partial charge in [-0.3, -0.25) is 14.5 Å². The van der Waals surface area contributed by atoms with Gasteiger partial charge in [-0.15, -0.1) is 11.3 Å². The molecule has 176 valence electrons. The second-order valence-corrected chi connectivity index (χ2v) is 9.61. The van der Waals surface area contributed by atoms with Crippen molar-refractivity contribution in [2.45, 2.75) is 25.1 Å². The Hall–Kier alpha value is -3.30. The fourth-order valence-electron chi connectivity index (χ4n) is 3.35. The number of anilines is 1. The van der Waals surface area contributed by atoms with E-state index in [4.69, 9.17) is 14.5 Å². The molecule has 34 heavy (non-hydrogen) atoms. The first-order valence-corrected chi connectivity index (χ1v) is 12.6. The number of nitrogens with one attached hydrogen (secondary N) is 1. The second kappa shape index (κ2) is 11.2. The molecule has 1 atom stereocenters. The van der Waals surface area contributed by atoms with Crippen LogP contribution in [0.1, 0.15) is 18.2 Å². The summed E-state index contributed by atoms with van der Waals surface area (Å²) in [4.78, 5) is 33.6. The van der Waals surface area contributed by atoms with Crippen molar-refractivity contribution >= 4 is 51.5 Å². The molecule has 9 heteroatoms. The Morgan fingerprint density at radius 1 is 1.12 bits per heavy atom. The summed E-state index contributed by atoms with van der Waals surface area (Å²) in [6, 6.07) is 18.4. The largest absolute Gasteiger partial charge is 0.497 e. The second-order valence-electron chi connectivity index (χ2n) is 7.41. The maximum absolute atomic E-state index is 13.1. The third-order valence-corrected chi connectivity index (χ3v) is 7.11. The van der Waals surface area contributed by atoms with Crippen LogP contribution in [0.25, 0.3) is 0 Å². The van der Waals surface area contributed by atoms with Crippen molar-refractivity contribution in [2.24, 2.45) is 4.99 Å².